The van der Waals surface area contributed by atoms with E-state index in [2.05, 4.69) is 29.1 Å². The minimum absolute atomic E-state index is 0.547. The summed E-state index contributed by atoms with van der Waals surface area (Å²) in [5, 5.41) is 4.51. The zero-order valence-electron chi connectivity index (χ0n) is 11.3. The van der Waals surface area contributed by atoms with Gasteiger partial charge in [-0.05, 0) is 24.6 Å². The van der Waals surface area contributed by atoms with Crippen molar-refractivity contribution >= 4 is 0 Å². The molecule has 0 aliphatic carbocycles. The van der Waals surface area contributed by atoms with Crippen molar-refractivity contribution in [2.45, 2.75) is 13.5 Å². The molecule has 0 bridgehead atoms. The van der Waals surface area contributed by atoms with Gasteiger partial charge in [0.25, 0.3) is 0 Å². The fourth-order valence-corrected chi connectivity index (χ4v) is 2.01. The second-order valence-corrected chi connectivity index (χ2v) is 4.75. The van der Waals surface area contributed by atoms with E-state index in [0.717, 1.165) is 16.8 Å². The second kappa shape index (κ2) is 5.27. The summed E-state index contributed by atoms with van der Waals surface area (Å²) in [6, 6.07) is 16.2. The van der Waals surface area contributed by atoms with Gasteiger partial charge in [0.15, 0.2) is 5.82 Å². The first kappa shape index (κ1) is 12.6. The summed E-state index contributed by atoms with van der Waals surface area (Å²) < 4.78 is 1.78. The van der Waals surface area contributed by atoms with Crippen LogP contribution in [0.1, 0.15) is 11.1 Å². The first-order valence-corrected chi connectivity index (χ1v) is 6.54. The molecule has 4 nitrogen and oxygen atoms in total. The molecule has 0 fully saturated rings. The van der Waals surface area contributed by atoms with Crippen molar-refractivity contribution in [1.82, 2.24) is 14.8 Å². The van der Waals surface area contributed by atoms with E-state index in [0.29, 0.717) is 12.4 Å². The molecule has 0 radical (unpaired) electrons. The highest BCUT2D eigenvalue weighted by Crippen LogP contribution is 2.16. The Morgan fingerprint density at radius 3 is 2.35 bits per heavy atom. The smallest absolute Gasteiger partial charge is 0.181 e. The number of rotatable bonds is 3. The van der Waals surface area contributed by atoms with E-state index in [9.17, 15) is 0 Å². The van der Waals surface area contributed by atoms with E-state index in [4.69, 9.17) is 5.73 Å². The lowest BCUT2D eigenvalue weighted by Gasteiger charge is -2.01. The third-order valence-corrected chi connectivity index (χ3v) is 3.24. The van der Waals surface area contributed by atoms with E-state index >= 15 is 0 Å². The third-order valence-electron chi connectivity index (χ3n) is 3.24. The maximum atomic E-state index is 5.60. The Hall–Kier alpha value is -2.46. The second-order valence-electron chi connectivity index (χ2n) is 4.75. The van der Waals surface area contributed by atoms with E-state index < -0.39 is 0 Å². The quantitative estimate of drug-likeness (QED) is 0.791. The van der Waals surface area contributed by atoms with Gasteiger partial charge in [0.2, 0.25) is 0 Å². The molecule has 2 aromatic carbocycles. The maximum Gasteiger partial charge on any atom is 0.181 e. The number of hydrogen-bond donors (Lipinski definition) is 1. The lowest BCUT2D eigenvalue weighted by atomic mass is 10.1. The van der Waals surface area contributed by atoms with Crippen LogP contribution in [0.3, 0.4) is 0 Å². The fourth-order valence-electron chi connectivity index (χ4n) is 2.01. The molecular weight excluding hydrogens is 248 g/mol. The van der Waals surface area contributed by atoms with Gasteiger partial charge < -0.3 is 5.73 Å². The predicted molar refractivity (Wildman–Crippen MR) is 79.4 cm³/mol. The average Bonchev–Trinajstić information content (AvgIpc) is 2.98. The summed E-state index contributed by atoms with van der Waals surface area (Å²) in [7, 11) is 0. The molecule has 0 atom stereocenters. The Balaban J connectivity index is 1.91. The number of aromatic nitrogens is 3. The standard InChI is InChI=1S/C16H16N4/c1-12-2-8-15(9-3-12)20-11-18-16(19-20)14-6-4-13(10-17)5-7-14/h2-9,11H,10,17H2,1H3. The summed E-state index contributed by atoms with van der Waals surface area (Å²) in [5.41, 5.74) is 9.93. The van der Waals surface area contributed by atoms with Gasteiger partial charge in [-0.25, -0.2) is 9.67 Å². The van der Waals surface area contributed by atoms with Gasteiger partial charge in [0.1, 0.15) is 6.33 Å². The van der Waals surface area contributed by atoms with Crippen molar-refractivity contribution in [2.75, 3.05) is 0 Å². The summed E-state index contributed by atoms with van der Waals surface area (Å²) >= 11 is 0. The molecule has 0 aliphatic rings. The number of hydrogen-bond acceptors (Lipinski definition) is 3. The number of benzene rings is 2. The van der Waals surface area contributed by atoms with Crippen LogP contribution >= 0.6 is 0 Å². The lowest BCUT2D eigenvalue weighted by Crippen LogP contribution is -1.96. The van der Waals surface area contributed by atoms with Crippen LogP contribution in [-0.2, 0) is 6.54 Å². The van der Waals surface area contributed by atoms with Crippen molar-refractivity contribution in [2.24, 2.45) is 5.73 Å². The highest BCUT2D eigenvalue weighted by Gasteiger charge is 2.05. The van der Waals surface area contributed by atoms with Gasteiger partial charge in [-0.3, -0.25) is 0 Å². The van der Waals surface area contributed by atoms with Crippen molar-refractivity contribution in [3.05, 3.63) is 66.0 Å². The monoisotopic (exact) mass is 264 g/mol. The van der Waals surface area contributed by atoms with Crippen molar-refractivity contribution < 1.29 is 0 Å². The molecule has 0 saturated heterocycles. The first-order valence-electron chi connectivity index (χ1n) is 6.54. The van der Waals surface area contributed by atoms with Crippen LogP contribution in [0.25, 0.3) is 17.1 Å². The van der Waals surface area contributed by atoms with Gasteiger partial charge in [-0.15, -0.1) is 5.10 Å². The molecule has 1 aromatic heterocycles. The Labute approximate surface area is 117 Å². The van der Waals surface area contributed by atoms with Gasteiger partial charge in [-0.2, -0.15) is 0 Å². The molecule has 0 amide bonds. The van der Waals surface area contributed by atoms with Crippen molar-refractivity contribution in [1.29, 1.82) is 0 Å². The molecule has 20 heavy (non-hydrogen) atoms. The van der Waals surface area contributed by atoms with E-state index in [1.54, 1.807) is 11.0 Å². The molecule has 3 rings (SSSR count). The summed E-state index contributed by atoms with van der Waals surface area (Å²) in [6.07, 6.45) is 1.73. The highest BCUT2D eigenvalue weighted by molar-refractivity contribution is 5.55. The Bertz CT molecular complexity index is 696. The van der Waals surface area contributed by atoms with Crippen LogP contribution in [0.5, 0.6) is 0 Å². The minimum Gasteiger partial charge on any atom is -0.326 e. The molecule has 4 heteroatoms. The van der Waals surface area contributed by atoms with E-state index in [1.165, 1.54) is 5.56 Å². The Morgan fingerprint density at radius 1 is 1.00 bits per heavy atom. The SMILES string of the molecule is Cc1ccc(-n2cnc(-c3ccc(CN)cc3)n2)cc1. The summed E-state index contributed by atoms with van der Waals surface area (Å²) in [5.74, 6) is 0.717. The largest absolute Gasteiger partial charge is 0.326 e. The molecule has 0 saturated carbocycles. The molecule has 1 heterocycles. The molecule has 2 N–H and O–H groups in total. The third kappa shape index (κ3) is 2.46. The average molecular weight is 264 g/mol. The summed E-state index contributed by atoms with van der Waals surface area (Å²) in [4.78, 5) is 4.36. The minimum atomic E-state index is 0.547. The summed E-state index contributed by atoms with van der Waals surface area (Å²) in [6.45, 7) is 2.61. The maximum absolute atomic E-state index is 5.60. The molecular formula is C16H16N4. The van der Waals surface area contributed by atoms with Gasteiger partial charge >= 0.3 is 0 Å². The first-order chi connectivity index (χ1) is 9.76. The van der Waals surface area contributed by atoms with Crippen molar-refractivity contribution in [3.63, 3.8) is 0 Å². The van der Waals surface area contributed by atoms with Crippen LogP contribution < -0.4 is 5.73 Å². The molecule has 0 unspecified atom stereocenters. The van der Waals surface area contributed by atoms with Gasteiger partial charge in [-0.1, -0.05) is 42.0 Å². The van der Waals surface area contributed by atoms with E-state index in [1.807, 2.05) is 36.4 Å². The number of aryl methyl sites for hydroxylation is 1. The van der Waals surface area contributed by atoms with Gasteiger partial charge in [0.05, 0.1) is 5.69 Å². The van der Waals surface area contributed by atoms with Crippen LogP contribution in [0, 0.1) is 6.92 Å². The van der Waals surface area contributed by atoms with E-state index in [-0.39, 0.29) is 0 Å². The molecule has 0 spiro atoms. The molecule has 100 valence electrons. The zero-order chi connectivity index (χ0) is 13.9. The Morgan fingerprint density at radius 2 is 1.70 bits per heavy atom. The topological polar surface area (TPSA) is 56.7 Å². The molecule has 3 aromatic rings. The van der Waals surface area contributed by atoms with Crippen LogP contribution in [0.15, 0.2) is 54.9 Å². The molecule has 0 aliphatic heterocycles. The van der Waals surface area contributed by atoms with Crippen molar-refractivity contribution in [3.8, 4) is 17.1 Å². The normalized spacial score (nSPS) is 10.7. The Kier molecular flexibility index (Phi) is 3.31. The lowest BCUT2D eigenvalue weighted by molar-refractivity contribution is 0.881. The number of nitrogens with zero attached hydrogens (tertiary/aromatic N) is 3. The zero-order valence-corrected chi connectivity index (χ0v) is 11.3. The number of nitrogens with two attached hydrogens (primary N) is 1. The predicted octanol–water partition coefficient (Wildman–Crippen LogP) is 2.70. The van der Waals surface area contributed by atoms with Gasteiger partial charge in [0, 0.05) is 12.1 Å². The highest BCUT2D eigenvalue weighted by atomic mass is 15.3. The van der Waals surface area contributed by atoms with Crippen LogP contribution in [0.4, 0.5) is 0 Å². The van der Waals surface area contributed by atoms with Crippen LogP contribution in [-0.4, -0.2) is 14.8 Å². The fraction of sp³-hybridized carbons (Fsp3) is 0.125. The van der Waals surface area contributed by atoms with Crippen LogP contribution in [0.2, 0.25) is 0 Å².